The molecule has 0 bridgehead atoms. The van der Waals surface area contributed by atoms with Crippen LogP contribution in [0, 0.1) is 6.92 Å². The van der Waals surface area contributed by atoms with Gasteiger partial charge < -0.3 is 4.90 Å². The van der Waals surface area contributed by atoms with Crippen LogP contribution in [0.15, 0.2) is 6.20 Å². The molecule has 4 heteroatoms. The molecule has 0 amide bonds. The summed E-state index contributed by atoms with van der Waals surface area (Å²) in [5, 5.41) is 0. The number of piperazine rings is 1. The molecule has 1 fully saturated rings. The highest BCUT2D eigenvalue weighted by molar-refractivity contribution is 5.47. The normalized spacial score (nSPS) is 20.7. The maximum absolute atomic E-state index is 4.70. The van der Waals surface area contributed by atoms with Gasteiger partial charge in [0.1, 0.15) is 11.6 Å². The lowest BCUT2D eigenvalue weighted by Crippen LogP contribution is -2.55. The summed E-state index contributed by atoms with van der Waals surface area (Å²) in [4.78, 5) is 14.1. The molecule has 1 aromatic rings. The van der Waals surface area contributed by atoms with Crippen LogP contribution < -0.4 is 4.90 Å². The Morgan fingerprint density at radius 2 is 2.05 bits per heavy atom. The van der Waals surface area contributed by atoms with Gasteiger partial charge in [0, 0.05) is 43.5 Å². The third-order valence-electron chi connectivity index (χ3n) is 4.31. The van der Waals surface area contributed by atoms with E-state index >= 15 is 0 Å². The summed E-state index contributed by atoms with van der Waals surface area (Å²) >= 11 is 0. The van der Waals surface area contributed by atoms with Crippen molar-refractivity contribution in [3.63, 3.8) is 0 Å². The van der Waals surface area contributed by atoms with E-state index < -0.39 is 0 Å². The Balaban J connectivity index is 2.21. The summed E-state index contributed by atoms with van der Waals surface area (Å²) < 4.78 is 0. The molecule has 1 aliphatic heterocycles. The molecule has 2 heterocycles. The highest BCUT2D eigenvalue weighted by Crippen LogP contribution is 2.23. The van der Waals surface area contributed by atoms with Gasteiger partial charge in [0.2, 0.25) is 0 Å². The van der Waals surface area contributed by atoms with Crippen LogP contribution in [-0.4, -0.2) is 46.6 Å². The molecule has 0 spiro atoms. The number of rotatable bonds is 4. The van der Waals surface area contributed by atoms with Crippen LogP contribution >= 0.6 is 0 Å². The minimum atomic E-state index is 0.625. The Bertz CT molecular complexity index is 444. The van der Waals surface area contributed by atoms with Crippen LogP contribution in [0.2, 0.25) is 0 Å². The summed E-state index contributed by atoms with van der Waals surface area (Å²) in [6.07, 6.45) is 4.18. The third kappa shape index (κ3) is 3.11. The van der Waals surface area contributed by atoms with Gasteiger partial charge >= 0.3 is 0 Å². The van der Waals surface area contributed by atoms with Gasteiger partial charge in [0.05, 0.1) is 0 Å². The quantitative estimate of drug-likeness (QED) is 0.846. The molecule has 0 aromatic carbocycles. The average Bonchev–Trinajstić information content (AvgIpc) is 2.46. The Kier molecular flexibility index (Phi) is 4.97. The lowest BCUT2D eigenvalue weighted by atomic mass is 10.1. The minimum Gasteiger partial charge on any atom is -0.353 e. The molecule has 0 aliphatic carbocycles. The van der Waals surface area contributed by atoms with Crippen LogP contribution in [0.3, 0.4) is 0 Å². The number of hydrogen-bond donors (Lipinski definition) is 0. The van der Waals surface area contributed by atoms with Crippen molar-refractivity contribution in [3.05, 3.63) is 17.6 Å². The molecule has 1 atom stereocenters. The first kappa shape index (κ1) is 15.2. The van der Waals surface area contributed by atoms with Gasteiger partial charge in [-0.25, -0.2) is 9.97 Å². The van der Waals surface area contributed by atoms with Gasteiger partial charge in [-0.2, -0.15) is 0 Å². The zero-order valence-corrected chi connectivity index (χ0v) is 13.6. The van der Waals surface area contributed by atoms with Crippen molar-refractivity contribution in [1.82, 2.24) is 14.9 Å². The number of anilines is 1. The first-order valence-electron chi connectivity index (χ1n) is 7.90. The van der Waals surface area contributed by atoms with E-state index in [0.717, 1.165) is 37.7 Å². The van der Waals surface area contributed by atoms with E-state index in [2.05, 4.69) is 42.5 Å². The molecule has 1 aliphatic rings. The topological polar surface area (TPSA) is 32.3 Å². The molecule has 0 N–H and O–H groups in total. The fourth-order valence-electron chi connectivity index (χ4n) is 3.11. The zero-order chi connectivity index (χ0) is 14.7. The molecular formula is C16H28N4. The van der Waals surface area contributed by atoms with Gasteiger partial charge in [-0.05, 0) is 33.6 Å². The van der Waals surface area contributed by atoms with E-state index in [1.54, 1.807) is 0 Å². The predicted molar refractivity (Wildman–Crippen MR) is 84.3 cm³/mol. The average molecular weight is 276 g/mol. The minimum absolute atomic E-state index is 0.625. The van der Waals surface area contributed by atoms with Crippen LogP contribution in [0.4, 0.5) is 5.82 Å². The molecule has 1 saturated heterocycles. The largest absolute Gasteiger partial charge is 0.353 e. The molecule has 0 radical (unpaired) electrons. The fraction of sp³-hybridized carbons (Fsp3) is 0.750. The summed E-state index contributed by atoms with van der Waals surface area (Å²) in [5.74, 6) is 2.03. The lowest BCUT2D eigenvalue weighted by Gasteiger charge is -2.44. The van der Waals surface area contributed by atoms with E-state index in [1.807, 2.05) is 13.1 Å². The van der Waals surface area contributed by atoms with E-state index in [4.69, 9.17) is 4.98 Å². The van der Waals surface area contributed by atoms with E-state index in [0.29, 0.717) is 12.1 Å². The standard InChI is InChI=1S/C16H28N4/c1-6-14-10-17-13(5)18-16(14)19-8-9-20(12(3)4)15(7-2)11-19/h10,12,15H,6-9,11H2,1-5H3. The molecule has 2 rings (SSSR count). The van der Waals surface area contributed by atoms with Crippen molar-refractivity contribution in [2.45, 2.75) is 59.5 Å². The van der Waals surface area contributed by atoms with Gasteiger partial charge in [0.25, 0.3) is 0 Å². The molecule has 0 saturated carbocycles. The second kappa shape index (κ2) is 6.53. The van der Waals surface area contributed by atoms with Crippen molar-refractivity contribution < 1.29 is 0 Å². The summed E-state index contributed by atoms with van der Waals surface area (Å²) in [6.45, 7) is 14.3. The van der Waals surface area contributed by atoms with Gasteiger partial charge in [0.15, 0.2) is 0 Å². The molecule has 1 aromatic heterocycles. The van der Waals surface area contributed by atoms with Gasteiger partial charge in [-0.15, -0.1) is 0 Å². The Hall–Kier alpha value is -1.16. The second-order valence-corrected chi connectivity index (χ2v) is 5.96. The first-order valence-corrected chi connectivity index (χ1v) is 7.90. The molecule has 4 nitrogen and oxygen atoms in total. The Labute approximate surface area is 123 Å². The number of aromatic nitrogens is 2. The lowest BCUT2D eigenvalue weighted by molar-refractivity contribution is 0.133. The maximum atomic E-state index is 4.70. The summed E-state index contributed by atoms with van der Waals surface area (Å²) in [5.41, 5.74) is 1.27. The number of aryl methyl sites for hydroxylation is 2. The van der Waals surface area contributed by atoms with E-state index in [-0.39, 0.29) is 0 Å². The Morgan fingerprint density at radius 3 is 2.65 bits per heavy atom. The van der Waals surface area contributed by atoms with Crippen LogP contribution in [-0.2, 0) is 6.42 Å². The Morgan fingerprint density at radius 1 is 1.30 bits per heavy atom. The number of nitrogens with zero attached hydrogens (tertiary/aromatic N) is 4. The molecule has 112 valence electrons. The highest BCUT2D eigenvalue weighted by Gasteiger charge is 2.28. The van der Waals surface area contributed by atoms with Crippen molar-refractivity contribution in [1.29, 1.82) is 0 Å². The van der Waals surface area contributed by atoms with Crippen molar-refractivity contribution >= 4 is 5.82 Å². The smallest absolute Gasteiger partial charge is 0.135 e. The highest BCUT2D eigenvalue weighted by atomic mass is 15.3. The second-order valence-electron chi connectivity index (χ2n) is 5.96. The van der Waals surface area contributed by atoms with Gasteiger partial charge in [-0.1, -0.05) is 13.8 Å². The van der Waals surface area contributed by atoms with Crippen molar-refractivity contribution in [3.8, 4) is 0 Å². The monoisotopic (exact) mass is 276 g/mol. The summed E-state index contributed by atoms with van der Waals surface area (Å²) in [7, 11) is 0. The molecule has 20 heavy (non-hydrogen) atoms. The fourth-order valence-corrected chi connectivity index (χ4v) is 3.11. The van der Waals surface area contributed by atoms with Crippen molar-refractivity contribution in [2.75, 3.05) is 24.5 Å². The number of hydrogen-bond acceptors (Lipinski definition) is 4. The molecular weight excluding hydrogens is 248 g/mol. The summed E-state index contributed by atoms with van der Waals surface area (Å²) in [6, 6.07) is 1.25. The van der Waals surface area contributed by atoms with Gasteiger partial charge in [-0.3, -0.25) is 4.90 Å². The first-order chi connectivity index (χ1) is 9.56. The molecule has 1 unspecified atom stereocenters. The zero-order valence-electron chi connectivity index (χ0n) is 13.6. The van der Waals surface area contributed by atoms with Crippen molar-refractivity contribution in [2.24, 2.45) is 0 Å². The van der Waals surface area contributed by atoms with Crippen LogP contribution in [0.1, 0.15) is 45.5 Å². The van der Waals surface area contributed by atoms with E-state index in [1.165, 1.54) is 12.0 Å². The van der Waals surface area contributed by atoms with E-state index in [9.17, 15) is 0 Å². The maximum Gasteiger partial charge on any atom is 0.135 e. The predicted octanol–water partition coefficient (Wildman–Crippen LogP) is 2.66. The van der Waals surface area contributed by atoms with Crippen LogP contribution in [0.5, 0.6) is 0 Å². The third-order valence-corrected chi connectivity index (χ3v) is 4.31. The SMILES string of the molecule is CCc1cnc(C)nc1N1CCN(C(C)C)C(CC)C1. The van der Waals surface area contributed by atoms with Crippen LogP contribution in [0.25, 0.3) is 0 Å².